The van der Waals surface area contributed by atoms with E-state index in [4.69, 9.17) is 17.0 Å². The number of hydrazone groups is 1. The maximum Gasteiger partial charge on any atom is 0.328 e. The third-order valence-corrected chi connectivity index (χ3v) is 6.01. The Kier molecular flexibility index (Phi) is 6.70. The van der Waals surface area contributed by atoms with Crippen LogP contribution in [-0.4, -0.2) is 62.1 Å². The number of carboxylic acid groups (broad SMARTS) is 1. The first kappa shape index (κ1) is 21.5. The molecule has 1 amide bonds. The molecule has 2 aliphatic heterocycles. The van der Waals surface area contributed by atoms with Crippen LogP contribution in [0.2, 0.25) is 0 Å². The van der Waals surface area contributed by atoms with E-state index in [0.717, 1.165) is 26.7 Å². The number of hydrogen-bond donors (Lipinski definition) is 1. The van der Waals surface area contributed by atoms with Crippen molar-refractivity contribution in [1.29, 1.82) is 0 Å². The second-order valence-corrected chi connectivity index (χ2v) is 8.64. The summed E-state index contributed by atoms with van der Waals surface area (Å²) in [6.07, 6.45) is 1.56. The summed E-state index contributed by atoms with van der Waals surface area (Å²) in [5.41, 5.74) is 1.40. The summed E-state index contributed by atoms with van der Waals surface area (Å²) >= 11 is 9.53. The van der Waals surface area contributed by atoms with Gasteiger partial charge in [-0.25, -0.2) is 4.79 Å². The molecule has 0 bridgehead atoms. The van der Waals surface area contributed by atoms with E-state index in [9.17, 15) is 19.5 Å². The molecule has 0 aromatic heterocycles. The van der Waals surface area contributed by atoms with Crippen LogP contribution in [0.4, 0.5) is 0 Å². The number of rotatable bonds is 6. The molecule has 2 aliphatic rings. The maximum atomic E-state index is 12.6. The Bertz CT molecular complexity index is 932. The van der Waals surface area contributed by atoms with Gasteiger partial charge in [0.05, 0.1) is 17.2 Å². The quantitative estimate of drug-likeness (QED) is 0.363. The minimum absolute atomic E-state index is 0.191. The number of carboxylic acids is 1. The summed E-state index contributed by atoms with van der Waals surface area (Å²) in [5, 5.41) is 15.2. The SMILES string of the molecule is CCOC(=O)CN1C(=O)/C(=C/N2N=C(c3ccc(Br)cc3)C[C@@H]2C(=O)O)SC1=S. The molecular formula is C18H16BrN3O5S2. The average molecular weight is 498 g/mol. The van der Waals surface area contributed by atoms with Crippen molar-refractivity contribution in [2.45, 2.75) is 19.4 Å². The molecule has 11 heteroatoms. The molecule has 29 heavy (non-hydrogen) atoms. The van der Waals surface area contributed by atoms with E-state index in [0.29, 0.717) is 5.71 Å². The van der Waals surface area contributed by atoms with Crippen molar-refractivity contribution >= 4 is 67.8 Å². The fourth-order valence-electron chi connectivity index (χ4n) is 2.75. The first-order valence-corrected chi connectivity index (χ1v) is 10.6. The molecule has 0 spiro atoms. The lowest BCUT2D eigenvalue weighted by Gasteiger charge is -2.16. The predicted molar refractivity (Wildman–Crippen MR) is 115 cm³/mol. The molecule has 1 atom stereocenters. The predicted octanol–water partition coefficient (Wildman–Crippen LogP) is 2.58. The number of halogens is 1. The minimum atomic E-state index is -1.06. The lowest BCUT2D eigenvalue weighted by atomic mass is 10.0. The van der Waals surface area contributed by atoms with Crippen LogP contribution in [0.3, 0.4) is 0 Å². The number of benzene rings is 1. The van der Waals surface area contributed by atoms with Gasteiger partial charge in [-0.3, -0.25) is 19.5 Å². The molecule has 3 rings (SSSR count). The van der Waals surface area contributed by atoms with Crippen LogP contribution in [0.1, 0.15) is 18.9 Å². The van der Waals surface area contributed by atoms with Crippen molar-refractivity contribution in [1.82, 2.24) is 9.91 Å². The van der Waals surface area contributed by atoms with E-state index in [1.54, 1.807) is 6.92 Å². The second kappa shape index (κ2) is 9.06. The van der Waals surface area contributed by atoms with Crippen molar-refractivity contribution in [3.63, 3.8) is 0 Å². The highest BCUT2D eigenvalue weighted by Gasteiger charge is 2.37. The van der Waals surface area contributed by atoms with Gasteiger partial charge < -0.3 is 9.84 Å². The van der Waals surface area contributed by atoms with Gasteiger partial charge in [0.1, 0.15) is 10.9 Å². The van der Waals surface area contributed by atoms with E-state index < -0.39 is 23.9 Å². The van der Waals surface area contributed by atoms with Crippen LogP contribution >= 0.6 is 39.9 Å². The molecule has 1 N–H and O–H groups in total. The van der Waals surface area contributed by atoms with Gasteiger partial charge in [-0.15, -0.1) is 0 Å². The van der Waals surface area contributed by atoms with Crippen molar-refractivity contribution in [2.24, 2.45) is 5.10 Å². The van der Waals surface area contributed by atoms with Gasteiger partial charge in [0.15, 0.2) is 6.04 Å². The summed E-state index contributed by atoms with van der Waals surface area (Å²) in [6, 6.07) is 6.42. The van der Waals surface area contributed by atoms with Crippen LogP contribution in [-0.2, 0) is 19.1 Å². The van der Waals surface area contributed by atoms with Crippen LogP contribution in [0.15, 0.2) is 44.9 Å². The molecule has 0 unspecified atom stereocenters. The third-order valence-electron chi connectivity index (χ3n) is 4.12. The van der Waals surface area contributed by atoms with Crippen LogP contribution < -0.4 is 0 Å². The molecule has 0 saturated carbocycles. The molecule has 1 saturated heterocycles. The standard InChI is InChI=1S/C18H16BrN3O5S2/c1-2-27-15(23)9-21-16(24)14(29-18(21)28)8-22-13(17(25)26)7-12(20-22)10-3-5-11(19)6-4-10/h3-6,8,13H,2,7,9H2,1H3,(H,25,26)/b14-8-/t13-/m1/s1. The molecule has 8 nitrogen and oxygen atoms in total. The van der Waals surface area contributed by atoms with Crippen molar-refractivity contribution < 1.29 is 24.2 Å². The highest BCUT2D eigenvalue weighted by Crippen LogP contribution is 2.33. The van der Waals surface area contributed by atoms with Crippen LogP contribution in [0.25, 0.3) is 0 Å². The summed E-state index contributed by atoms with van der Waals surface area (Å²) in [4.78, 5) is 37.3. The molecular weight excluding hydrogens is 482 g/mol. The van der Waals surface area contributed by atoms with Crippen LogP contribution in [0, 0.1) is 0 Å². The topological polar surface area (TPSA) is 99.5 Å². The fourth-order valence-corrected chi connectivity index (χ4v) is 4.23. The van der Waals surface area contributed by atoms with E-state index in [1.165, 1.54) is 11.2 Å². The minimum Gasteiger partial charge on any atom is -0.480 e. The number of hydrogen-bond acceptors (Lipinski definition) is 8. The van der Waals surface area contributed by atoms with E-state index in [2.05, 4.69) is 21.0 Å². The van der Waals surface area contributed by atoms with Crippen LogP contribution in [0.5, 0.6) is 0 Å². The van der Waals surface area contributed by atoms with Gasteiger partial charge in [-0.05, 0) is 24.6 Å². The Morgan fingerprint density at radius 2 is 2.10 bits per heavy atom. The van der Waals surface area contributed by atoms with E-state index in [-0.39, 0.29) is 28.8 Å². The van der Waals surface area contributed by atoms with Crippen molar-refractivity contribution in [3.05, 3.63) is 45.4 Å². The third kappa shape index (κ3) is 4.85. The highest BCUT2D eigenvalue weighted by molar-refractivity contribution is 9.10. The first-order chi connectivity index (χ1) is 13.8. The van der Waals surface area contributed by atoms with Crippen molar-refractivity contribution in [3.8, 4) is 0 Å². The average Bonchev–Trinajstić information content (AvgIpc) is 3.20. The molecule has 0 aliphatic carbocycles. The number of nitrogens with zero attached hydrogens (tertiary/aromatic N) is 3. The lowest BCUT2D eigenvalue weighted by Crippen LogP contribution is -2.35. The Hall–Kier alpha value is -2.24. The Labute approximate surface area is 184 Å². The van der Waals surface area contributed by atoms with E-state index >= 15 is 0 Å². The van der Waals surface area contributed by atoms with Gasteiger partial charge in [0.2, 0.25) is 0 Å². The van der Waals surface area contributed by atoms with Gasteiger partial charge in [-0.2, -0.15) is 5.10 Å². The molecule has 152 valence electrons. The largest absolute Gasteiger partial charge is 0.480 e. The number of aliphatic carboxylic acids is 1. The number of carbonyl (C=O) groups is 3. The van der Waals surface area contributed by atoms with Crippen molar-refractivity contribution in [2.75, 3.05) is 13.2 Å². The molecule has 1 aromatic carbocycles. The molecule has 2 heterocycles. The highest BCUT2D eigenvalue weighted by atomic mass is 79.9. The molecule has 1 aromatic rings. The Morgan fingerprint density at radius 1 is 1.41 bits per heavy atom. The van der Waals surface area contributed by atoms with Gasteiger partial charge in [-0.1, -0.05) is 52.0 Å². The summed E-state index contributed by atoms with van der Waals surface area (Å²) in [6.45, 7) is 1.58. The van der Waals surface area contributed by atoms with Gasteiger partial charge in [0, 0.05) is 17.1 Å². The number of thioether (sulfide) groups is 1. The zero-order valence-electron chi connectivity index (χ0n) is 15.2. The smallest absolute Gasteiger partial charge is 0.328 e. The number of ether oxygens (including phenoxy) is 1. The molecule has 0 radical (unpaired) electrons. The molecule has 1 fully saturated rings. The zero-order chi connectivity index (χ0) is 21.1. The zero-order valence-corrected chi connectivity index (χ0v) is 18.4. The second-order valence-electron chi connectivity index (χ2n) is 6.05. The monoisotopic (exact) mass is 497 g/mol. The summed E-state index contributed by atoms with van der Waals surface area (Å²) < 4.78 is 5.96. The number of thiocarbonyl (C=S) groups is 1. The number of esters is 1. The normalized spacial score (nSPS) is 20.4. The summed E-state index contributed by atoms with van der Waals surface area (Å²) in [7, 11) is 0. The van der Waals surface area contributed by atoms with Gasteiger partial charge in [0.25, 0.3) is 5.91 Å². The Morgan fingerprint density at radius 3 is 2.72 bits per heavy atom. The number of amides is 1. The first-order valence-electron chi connectivity index (χ1n) is 8.55. The summed E-state index contributed by atoms with van der Waals surface area (Å²) in [5.74, 6) is -2.10. The maximum absolute atomic E-state index is 12.6. The number of carbonyl (C=O) groups excluding carboxylic acids is 2. The Balaban J connectivity index is 1.83. The fraction of sp³-hybridized carbons (Fsp3) is 0.278. The van der Waals surface area contributed by atoms with E-state index in [1.807, 2.05) is 24.3 Å². The van der Waals surface area contributed by atoms with Gasteiger partial charge >= 0.3 is 11.9 Å². The lowest BCUT2D eigenvalue weighted by molar-refractivity contribution is -0.145.